The van der Waals surface area contributed by atoms with Crippen LogP contribution in [0, 0.1) is 5.82 Å². The number of hydrogen-bond donors (Lipinski definition) is 1. The number of rotatable bonds is 9. The van der Waals surface area contributed by atoms with Gasteiger partial charge in [0.2, 0.25) is 0 Å². The second-order valence-corrected chi connectivity index (χ2v) is 10.9. The van der Waals surface area contributed by atoms with Crippen molar-refractivity contribution in [3.63, 3.8) is 0 Å². The summed E-state index contributed by atoms with van der Waals surface area (Å²) in [7, 11) is 0. The minimum atomic E-state index is -0.525. The van der Waals surface area contributed by atoms with Crippen molar-refractivity contribution in [3.05, 3.63) is 95.3 Å². The van der Waals surface area contributed by atoms with Gasteiger partial charge in [0.05, 0.1) is 13.2 Å². The third-order valence-corrected chi connectivity index (χ3v) is 6.38. The summed E-state index contributed by atoms with van der Waals surface area (Å²) in [5, 5.41) is 0. The first-order valence-electron chi connectivity index (χ1n) is 11.1. The minimum absolute atomic E-state index is 0.00900. The van der Waals surface area contributed by atoms with Crippen molar-refractivity contribution in [2.24, 2.45) is 0 Å². The lowest BCUT2D eigenvalue weighted by molar-refractivity contribution is -0.0665. The average Bonchev–Trinajstić information content (AvgIpc) is 2.77. The molecule has 0 spiro atoms. The molecule has 0 aromatic heterocycles. The van der Waals surface area contributed by atoms with Gasteiger partial charge in [-0.05, 0) is 38.0 Å². The van der Waals surface area contributed by atoms with E-state index in [1.165, 1.54) is 6.07 Å². The van der Waals surface area contributed by atoms with Gasteiger partial charge in [-0.15, -0.1) is 0 Å². The van der Waals surface area contributed by atoms with Gasteiger partial charge in [-0.3, -0.25) is 0 Å². The summed E-state index contributed by atoms with van der Waals surface area (Å²) in [5.41, 5.74) is 2.23. The highest BCUT2D eigenvalue weighted by Crippen LogP contribution is 2.42. The predicted octanol–water partition coefficient (Wildman–Crippen LogP) is 6.25. The van der Waals surface area contributed by atoms with E-state index in [4.69, 9.17) is 14.2 Å². The van der Waals surface area contributed by atoms with Gasteiger partial charge in [-0.25, -0.2) is 9.11 Å². The lowest BCUT2D eigenvalue weighted by Crippen LogP contribution is -2.56. The lowest BCUT2D eigenvalue weighted by atomic mass is 9.88. The maximum absolute atomic E-state index is 15.2. The van der Waals surface area contributed by atoms with E-state index in [2.05, 4.69) is 25.5 Å². The Hall–Kier alpha value is -2.54. The van der Waals surface area contributed by atoms with Crippen molar-refractivity contribution in [1.29, 1.82) is 0 Å². The molecule has 0 atom stereocenters. The predicted molar refractivity (Wildman–Crippen MR) is 131 cm³/mol. The standard InChI is InChI=1S/C27H30FNO3S/c1-26(2,3)33-29-27(18-30-19-27)22-14-23(28)25(32-17-21-12-8-5-9-13-21)15-24(22)31-16-20-10-6-4-7-11-20/h4-15,29H,16-19H2,1-3H3. The molecule has 0 aliphatic carbocycles. The van der Waals surface area contributed by atoms with Crippen LogP contribution >= 0.6 is 11.9 Å². The minimum Gasteiger partial charge on any atom is -0.488 e. The summed E-state index contributed by atoms with van der Waals surface area (Å²) in [6.07, 6.45) is 0. The molecule has 1 N–H and O–H groups in total. The van der Waals surface area contributed by atoms with Crippen molar-refractivity contribution >= 4 is 11.9 Å². The highest BCUT2D eigenvalue weighted by molar-refractivity contribution is 7.98. The Balaban J connectivity index is 1.62. The second-order valence-electron chi connectivity index (χ2n) is 9.22. The summed E-state index contributed by atoms with van der Waals surface area (Å²) in [5.74, 6) is 0.347. The van der Waals surface area contributed by atoms with Crippen LogP contribution in [0.15, 0.2) is 72.8 Å². The molecule has 1 saturated heterocycles. The lowest BCUT2D eigenvalue weighted by Gasteiger charge is -2.44. The molecule has 0 amide bonds. The molecule has 3 aromatic rings. The number of hydrogen-bond acceptors (Lipinski definition) is 5. The summed E-state index contributed by atoms with van der Waals surface area (Å²) in [4.78, 5) is 0. The number of ether oxygens (including phenoxy) is 3. The Bertz CT molecular complexity index is 1050. The molecule has 6 heteroatoms. The quantitative estimate of drug-likeness (QED) is 0.377. The Labute approximate surface area is 199 Å². The molecule has 1 aliphatic rings. The van der Waals surface area contributed by atoms with Gasteiger partial charge in [0.1, 0.15) is 24.5 Å². The molecule has 1 heterocycles. The molecule has 174 valence electrons. The summed E-state index contributed by atoms with van der Waals surface area (Å²) in [6, 6.07) is 22.8. The topological polar surface area (TPSA) is 39.7 Å². The van der Waals surface area contributed by atoms with Gasteiger partial charge in [-0.2, -0.15) is 0 Å². The maximum Gasteiger partial charge on any atom is 0.165 e. The Kier molecular flexibility index (Phi) is 7.27. The van der Waals surface area contributed by atoms with Gasteiger partial charge in [0.25, 0.3) is 0 Å². The fraction of sp³-hybridized carbons (Fsp3) is 0.333. The van der Waals surface area contributed by atoms with E-state index in [0.29, 0.717) is 25.6 Å². The van der Waals surface area contributed by atoms with Crippen LogP contribution in [-0.2, 0) is 23.5 Å². The van der Waals surface area contributed by atoms with Gasteiger partial charge >= 0.3 is 0 Å². The zero-order chi connectivity index (χ0) is 23.3. The van der Waals surface area contributed by atoms with Gasteiger partial charge in [-0.1, -0.05) is 72.6 Å². The van der Waals surface area contributed by atoms with E-state index in [-0.39, 0.29) is 17.1 Å². The SMILES string of the molecule is CC(C)(C)SNC1(c2cc(F)c(OCc3ccccc3)cc2OCc2ccccc2)COC1. The summed E-state index contributed by atoms with van der Waals surface area (Å²) < 4.78 is 36.4. The monoisotopic (exact) mass is 467 g/mol. The fourth-order valence-corrected chi connectivity index (χ4v) is 4.17. The molecular formula is C27H30FNO3S. The second kappa shape index (κ2) is 10.2. The first-order valence-corrected chi connectivity index (χ1v) is 11.9. The first kappa shape index (κ1) is 23.6. The Morgan fingerprint density at radius 3 is 1.91 bits per heavy atom. The van der Waals surface area contributed by atoms with Crippen LogP contribution in [0.5, 0.6) is 11.5 Å². The van der Waals surface area contributed by atoms with Crippen molar-refractivity contribution < 1.29 is 18.6 Å². The van der Waals surface area contributed by atoms with E-state index >= 15 is 4.39 Å². The van der Waals surface area contributed by atoms with Gasteiger partial charge in [0, 0.05) is 16.4 Å². The van der Waals surface area contributed by atoms with E-state index in [9.17, 15) is 0 Å². The molecule has 1 aliphatic heterocycles. The molecule has 3 aromatic carbocycles. The highest BCUT2D eigenvalue weighted by atomic mass is 32.2. The van der Waals surface area contributed by atoms with E-state index in [1.807, 2.05) is 60.7 Å². The third kappa shape index (κ3) is 6.08. The third-order valence-electron chi connectivity index (χ3n) is 5.27. The van der Waals surface area contributed by atoms with Gasteiger partial charge < -0.3 is 14.2 Å². The van der Waals surface area contributed by atoms with Crippen molar-refractivity contribution in [2.45, 2.75) is 44.3 Å². The zero-order valence-electron chi connectivity index (χ0n) is 19.3. The Morgan fingerprint density at radius 1 is 0.879 bits per heavy atom. The van der Waals surface area contributed by atoms with Crippen molar-refractivity contribution in [2.75, 3.05) is 13.2 Å². The molecule has 0 radical (unpaired) electrons. The van der Waals surface area contributed by atoms with Crippen molar-refractivity contribution in [3.8, 4) is 11.5 Å². The normalized spacial score (nSPS) is 15.0. The molecule has 1 fully saturated rings. The summed E-state index contributed by atoms with van der Waals surface area (Å²) in [6.45, 7) is 7.94. The molecule has 0 bridgehead atoms. The number of benzene rings is 3. The van der Waals surface area contributed by atoms with Crippen LogP contribution in [0.25, 0.3) is 0 Å². The van der Waals surface area contributed by atoms with Crippen LogP contribution in [0.2, 0.25) is 0 Å². The molecule has 0 saturated carbocycles. The van der Waals surface area contributed by atoms with E-state index in [1.54, 1.807) is 18.0 Å². The highest BCUT2D eigenvalue weighted by Gasteiger charge is 2.44. The van der Waals surface area contributed by atoms with Gasteiger partial charge in [0.15, 0.2) is 11.6 Å². The largest absolute Gasteiger partial charge is 0.488 e. The van der Waals surface area contributed by atoms with Crippen LogP contribution in [-0.4, -0.2) is 18.0 Å². The molecule has 4 rings (SSSR count). The van der Waals surface area contributed by atoms with Crippen LogP contribution in [0.1, 0.15) is 37.5 Å². The average molecular weight is 468 g/mol. The Morgan fingerprint density at radius 2 is 1.42 bits per heavy atom. The molecule has 0 unspecified atom stereocenters. The van der Waals surface area contributed by atoms with Crippen molar-refractivity contribution in [1.82, 2.24) is 4.72 Å². The van der Waals surface area contributed by atoms with Crippen LogP contribution in [0.4, 0.5) is 4.39 Å². The summed E-state index contributed by atoms with van der Waals surface area (Å²) >= 11 is 1.61. The first-order chi connectivity index (χ1) is 15.8. The molecule has 33 heavy (non-hydrogen) atoms. The smallest absolute Gasteiger partial charge is 0.165 e. The molecule has 4 nitrogen and oxygen atoms in total. The fourth-order valence-electron chi connectivity index (χ4n) is 3.44. The van der Waals surface area contributed by atoms with E-state index < -0.39 is 11.4 Å². The number of nitrogens with one attached hydrogen (secondary N) is 1. The maximum atomic E-state index is 15.2. The van der Waals surface area contributed by atoms with Crippen LogP contribution in [0.3, 0.4) is 0 Å². The zero-order valence-corrected chi connectivity index (χ0v) is 20.1. The van der Waals surface area contributed by atoms with Crippen LogP contribution < -0.4 is 14.2 Å². The molecular weight excluding hydrogens is 437 g/mol. The number of halogens is 1. The van der Waals surface area contributed by atoms with E-state index in [0.717, 1.165) is 16.7 Å².